The van der Waals surface area contributed by atoms with Crippen LogP contribution < -0.4 is 5.56 Å². The van der Waals surface area contributed by atoms with Gasteiger partial charge < -0.3 is 14.2 Å². The smallest absolute Gasteiger partial charge is 0.309 e. The number of halogens is 1. The van der Waals surface area contributed by atoms with E-state index in [4.69, 9.17) is 0 Å². The third-order valence-corrected chi connectivity index (χ3v) is 5.36. The number of carboxylic acids is 1. The van der Waals surface area contributed by atoms with Crippen molar-refractivity contribution in [1.82, 2.24) is 9.13 Å². The number of carbonyl (C=O) groups is 1. The first-order chi connectivity index (χ1) is 14.3. The molecule has 0 aliphatic rings. The molecule has 30 heavy (non-hydrogen) atoms. The number of benzene rings is 2. The zero-order valence-corrected chi connectivity index (χ0v) is 16.7. The van der Waals surface area contributed by atoms with Crippen molar-refractivity contribution >= 4 is 16.9 Å². The highest BCUT2D eigenvalue weighted by Gasteiger charge is 2.21. The maximum absolute atomic E-state index is 13.2. The monoisotopic (exact) mass is 404 g/mol. The fraction of sp³-hybridized carbons (Fsp3) is 0.167. The minimum absolute atomic E-state index is 0.256. The molecule has 5 nitrogen and oxygen atoms in total. The molecule has 0 aliphatic carbocycles. The van der Waals surface area contributed by atoms with E-state index in [1.807, 2.05) is 48.0 Å². The fourth-order valence-electron chi connectivity index (χ4n) is 3.83. The molecule has 152 valence electrons. The van der Waals surface area contributed by atoms with E-state index in [9.17, 15) is 19.1 Å². The highest BCUT2D eigenvalue weighted by Crippen LogP contribution is 2.32. The number of aromatic nitrogens is 2. The molecule has 0 atom stereocenters. The summed E-state index contributed by atoms with van der Waals surface area (Å²) in [5.41, 5.74) is 4.25. The maximum atomic E-state index is 13.2. The fourth-order valence-corrected chi connectivity index (χ4v) is 3.83. The Morgan fingerprint density at radius 2 is 1.70 bits per heavy atom. The highest BCUT2D eigenvalue weighted by molar-refractivity contribution is 5.97. The van der Waals surface area contributed by atoms with Crippen LogP contribution in [0.2, 0.25) is 0 Å². The predicted octanol–water partition coefficient (Wildman–Crippen LogP) is 4.13. The number of carboxylic acid groups (broad SMARTS) is 1. The Morgan fingerprint density at radius 3 is 2.33 bits per heavy atom. The number of hydrogen-bond acceptors (Lipinski definition) is 2. The standard InChI is InChI=1S/C24H21FN2O3/c1-15-3-7-17(8-4-15)22-19-11-12-27(14-16-5-9-18(25)10-6-16)23(19)24(30)26(2)20(22)13-21(28)29/h3-12H,13-14H2,1-2H3,(H,28,29). The number of rotatable bonds is 5. The molecule has 2 aromatic heterocycles. The first-order valence-corrected chi connectivity index (χ1v) is 9.59. The van der Waals surface area contributed by atoms with Gasteiger partial charge in [-0.15, -0.1) is 0 Å². The molecule has 0 bridgehead atoms. The molecule has 0 saturated carbocycles. The van der Waals surface area contributed by atoms with Gasteiger partial charge in [0.1, 0.15) is 11.3 Å². The summed E-state index contributed by atoms with van der Waals surface area (Å²) in [7, 11) is 1.60. The van der Waals surface area contributed by atoms with E-state index in [0.29, 0.717) is 23.1 Å². The second-order valence-corrected chi connectivity index (χ2v) is 7.45. The van der Waals surface area contributed by atoms with Gasteiger partial charge in [-0.3, -0.25) is 9.59 Å². The van der Waals surface area contributed by atoms with Crippen LogP contribution in [0.5, 0.6) is 0 Å². The molecule has 2 aromatic carbocycles. The zero-order chi connectivity index (χ0) is 21.4. The molecule has 4 aromatic rings. The Kier molecular flexibility index (Phi) is 4.99. The molecule has 4 rings (SSSR count). The average Bonchev–Trinajstić information content (AvgIpc) is 3.12. The number of fused-ring (bicyclic) bond motifs is 1. The summed E-state index contributed by atoms with van der Waals surface area (Å²) < 4.78 is 16.5. The molecule has 0 fully saturated rings. The van der Waals surface area contributed by atoms with Gasteiger partial charge >= 0.3 is 5.97 Å². The lowest BCUT2D eigenvalue weighted by Crippen LogP contribution is -2.25. The van der Waals surface area contributed by atoms with Gasteiger partial charge in [0.05, 0.1) is 6.42 Å². The summed E-state index contributed by atoms with van der Waals surface area (Å²) in [5, 5.41) is 10.1. The first-order valence-electron chi connectivity index (χ1n) is 9.59. The predicted molar refractivity (Wildman–Crippen MR) is 114 cm³/mol. The lowest BCUT2D eigenvalue weighted by atomic mass is 9.97. The van der Waals surface area contributed by atoms with E-state index >= 15 is 0 Å². The van der Waals surface area contributed by atoms with Crippen molar-refractivity contribution in [2.75, 3.05) is 0 Å². The average molecular weight is 404 g/mol. The van der Waals surface area contributed by atoms with E-state index in [2.05, 4.69) is 0 Å². The van der Waals surface area contributed by atoms with Crippen LogP contribution in [0, 0.1) is 12.7 Å². The van der Waals surface area contributed by atoms with Crippen LogP contribution in [0.15, 0.2) is 65.6 Å². The topological polar surface area (TPSA) is 64.2 Å². The number of aliphatic carboxylic acids is 1. The van der Waals surface area contributed by atoms with Gasteiger partial charge in [-0.1, -0.05) is 42.0 Å². The van der Waals surface area contributed by atoms with Crippen molar-refractivity contribution in [3.05, 3.63) is 93.8 Å². The molecule has 6 heteroatoms. The minimum atomic E-state index is -0.997. The largest absolute Gasteiger partial charge is 0.481 e. The maximum Gasteiger partial charge on any atom is 0.309 e. The Bertz CT molecular complexity index is 1300. The van der Waals surface area contributed by atoms with Crippen LogP contribution in [0.4, 0.5) is 4.39 Å². The Labute approximate surface area is 172 Å². The summed E-state index contributed by atoms with van der Waals surface area (Å²) in [6, 6.07) is 15.8. The molecule has 1 N–H and O–H groups in total. The highest BCUT2D eigenvalue weighted by atomic mass is 19.1. The van der Waals surface area contributed by atoms with E-state index in [-0.39, 0.29) is 17.8 Å². The van der Waals surface area contributed by atoms with Crippen LogP contribution in [0.1, 0.15) is 16.8 Å². The molecule has 0 radical (unpaired) electrons. The van der Waals surface area contributed by atoms with Crippen LogP contribution in [0.3, 0.4) is 0 Å². The van der Waals surface area contributed by atoms with Crippen molar-refractivity contribution < 1.29 is 14.3 Å². The second-order valence-electron chi connectivity index (χ2n) is 7.45. The normalized spacial score (nSPS) is 11.2. The third-order valence-electron chi connectivity index (χ3n) is 5.36. The first kappa shape index (κ1) is 19.6. The number of aryl methyl sites for hydroxylation is 1. The summed E-state index contributed by atoms with van der Waals surface area (Å²) in [5.74, 6) is -1.31. The van der Waals surface area contributed by atoms with Gasteiger partial charge in [0.25, 0.3) is 5.56 Å². The molecular formula is C24H21FN2O3. The third kappa shape index (κ3) is 3.52. The summed E-state index contributed by atoms with van der Waals surface area (Å²) in [4.78, 5) is 24.7. The van der Waals surface area contributed by atoms with Gasteiger partial charge in [0.2, 0.25) is 0 Å². The Hall–Kier alpha value is -3.67. The van der Waals surface area contributed by atoms with Crippen molar-refractivity contribution in [2.45, 2.75) is 19.9 Å². The van der Waals surface area contributed by atoms with E-state index < -0.39 is 5.97 Å². The zero-order valence-electron chi connectivity index (χ0n) is 16.7. The molecule has 2 heterocycles. The Morgan fingerprint density at radius 1 is 1.03 bits per heavy atom. The van der Waals surface area contributed by atoms with Gasteiger partial charge in [-0.25, -0.2) is 4.39 Å². The van der Waals surface area contributed by atoms with Crippen LogP contribution >= 0.6 is 0 Å². The van der Waals surface area contributed by atoms with Gasteiger partial charge in [0.15, 0.2) is 0 Å². The summed E-state index contributed by atoms with van der Waals surface area (Å²) in [6.45, 7) is 2.39. The summed E-state index contributed by atoms with van der Waals surface area (Å²) in [6.07, 6.45) is 1.56. The molecule has 0 unspecified atom stereocenters. The van der Waals surface area contributed by atoms with Crippen molar-refractivity contribution in [3.63, 3.8) is 0 Å². The molecule has 0 aliphatic heterocycles. The minimum Gasteiger partial charge on any atom is -0.481 e. The van der Waals surface area contributed by atoms with Crippen LogP contribution in [-0.2, 0) is 24.8 Å². The van der Waals surface area contributed by atoms with Crippen LogP contribution in [-0.4, -0.2) is 20.2 Å². The van der Waals surface area contributed by atoms with Gasteiger partial charge in [-0.05, 0) is 36.2 Å². The van der Waals surface area contributed by atoms with Gasteiger partial charge in [0, 0.05) is 36.4 Å². The van der Waals surface area contributed by atoms with Crippen molar-refractivity contribution in [3.8, 4) is 11.1 Å². The second kappa shape index (κ2) is 7.63. The molecule has 0 spiro atoms. The van der Waals surface area contributed by atoms with Crippen LogP contribution in [0.25, 0.3) is 22.0 Å². The lowest BCUT2D eigenvalue weighted by Gasteiger charge is -2.16. The number of hydrogen-bond donors (Lipinski definition) is 1. The summed E-state index contributed by atoms with van der Waals surface area (Å²) >= 11 is 0. The van der Waals surface area contributed by atoms with Crippen molar-refractivity contribution in [2.24, 2.45) is 7.05 Å². The number of pyridine rings is 1. The van der Waals surface area contributed by atoms with E-state index in [1.165, 1.54) is 16.7 Å². The number of nitrogens with zero attached hydrogens (tertiary/aromatic N) is 2. The molecule has 0 amide bonds. The quantitative estimate of drug-likeness (QED) is 0.544. The Balaban J connectivity index is 1.97. The van der Waals surface area contributed by atoms with E-state index in [1.54, 1.807) is 19.2 Å². The SMILES string of the molecule is Cc1ccc(-c2c(CC(=O)O)n(C)c(=O)c3c2ccn3Cc2ccc(F)cc2)cc1. The van der Waals surface area contributed by atoms with E-state index in [0.717, 1.165) is 22.3 Å². The molecular weight excluding hydrogens is 383 g/mol. The lowest BCUT2D eigenvalue weighted by molar-refractivity contribution is -0.136. The van der Waals surface area contributed by atoms with Gasteiger partial charge in [-0.2, -0.15) is 0 Å². The molecule has 0 saturated heterocycles. The van der Waals surface area contributed by atoms with Crippen molar-refractivity contribution in [1.29, 1.82) is 0 Å².